The number of hydrogen-bond acceptors (Lipinski definition) is 3. The van der Waals surface area contributed by atoms with Crippen LogP contribution >= 0.6 is 0 Å². The first-order valence-corrected chi connectivity index (χ1v) is 7.27. The number of methoxy groups -OCH3 is 1. The number of nitrogens with one attached hydrogen (secondary N) is 1. The summed E-state index contributed by atoms with van der Waals surface area (Å²) in [6, 6.07) is 5.68. The van der Waals surface area contributed by atoms with Gasteiger partial charge in [0.1, 0.15) is 5.75 Å². The van der Waals surface area contributed by atoms with Crippen LogP contribution in [0.4, 0.5) is 5.69 Å². The smallest absolute Gasteiger partial charge is 0.248 e. The van der Waals surface area contributed by atoms with Crippen LogP contribution in [-0.4, -0.2) is 19.1 Å². The number of anilines is 1. The van der Waals surface area contributed by atoms with Crippen molar-refractivity contribution in [2.75, 3.05) is 12.4 Å². The first-order valence-electron chi connectivity index (χ1n) is 7.27. The van der Waals surface area contributed by atoms with Gasteiger partial charge in [-0.25, -0.2) is 0 Å². The van der Waals surface area contributed by atoms with E-state index >= 15 is 0 Å². The van der Waals surface area contributed by atoms with Crippen molar-refractivity contribution in [2.24, 2.45) is 17.6 Å². The van der Waals surface area contributed by atoms with E-state index in [2.05, 4.69) is 19.2 Å². The predicted octanol–water partition coefficient (Wildman–Crippen LogP) is 3.03. The molecule has 0 bridgehead atoms. The van der Waals surface area contributed by atoms with Crippen molar-refractivity contribution >= 4 is 11.6 Å². The number of benzene rings is 1. The van der Waals surface area contributed by atoms with Gasteiger partial charge in [-0.05, 0) is 42.9 Å². The van der Waals surface area contributed by atoms with E-state index in [0.29, 0.717) is 23.4 Å². The molecular formula is C16H24N2O2. The third kappa shape index (κ3) is 3.06. The van der Waals surface area contributed by atoms with Gasteiger partial charge in [-0.1, -0.05) is 20.3 Å². The van der Waals surface area contributed by atoms with Crippen LogP contribution in [-0.2, 0) is 0 Å². The third-order valence-electron chi connectivity index (χ3n) is 4.35. The van der Waals surface area contributed by atoms with Crippen molar-refractivity contribution in [1.29, 1.82) is 0 Å². The monoisotopic (exact) mass is 276 g/mol. The molecule has 1 aliphatic rings. The first-order chi connectivity index (χ1) is 9.52. The Morgan fingerprint density at radius 1 is 1.30 bits per heavy atom. The standard InChI is InChI=1S/C16H24N2O2/c1-10-5-4-6-11(2)15(10)18-13-9-12(16(17)19)7-8-14(13)20-3/h7-11,15,18H,4-6H2,1-3H3,(H2,17,19). The Hall–Kier alpha value is -1.71. The van der Waals surface area contributed by atoms with Gasteiger partial charge in [0, 0.05) is 11.6 Å². The third-order valence-corrected chi connectivity index (χ3v) is 4.35. The molecule has 0 radical (unpaired) electrons. The topological polar surface area (TPSA) is 64.3 Å². The fourth-order valence-corrected chi connectivity index (χ4v) is 3.12. The summed E-state index contributed by atoms with van der Waals surface area (Å²) in [5, 5.41) is 3.56. The Bertz CT molecular complexity index is 477. The highest BCUT2D eigenvalue weighted by Gasteiger charge is 2.28. The molecule has 1 aromatic rings. The van der Waals surface area contributed by atoms with Crippen LogP contribution in [0.3, 0.4) is 0 Å². The number of ether oxygens (including phenoxy) is 1. The summed E-state index contributed by atoms with van der Waals surface area (Å²) in [4.78, 5) is 11.3. The summed E-state index contributed by atoms with van der Waals surface area (Å²) in [6.07, 6.45) is 3.76. The lowest BCUT2D eigenvalue weighted by Gasteiger charge is -2.36. The molecule has 0 saturated heterocycles. The summed E-state index contributed by atoms with van der Waals surface area (Å²) < 4.78 is 5.38. The predicted molar refractivity (Wildman–Crippen MR) is 81.1 cm³/mol. The second-order valence-electron chi connectivity index (χ2n) is 5.83. The molecule has 1 aromatic carbocycles. The van der Waals surface area contributed by atoms with E-state index in [-0.39, 0.29) is 0 Å². The Labute approximate surface area is 120 Å². The maximum absolute atomic E-state index is 11.3. The van der Waals surface area contributed by atoms with E-state index in [1.165, 1.54) is 19.3 Å². The zero-order valence-corrected chi connectivity index (χ0v) is 12.5. The van der Waals surface area contributed by atoms with E-state index < -0.39 is 5.91 Å². The van der Waals surface area contributed by atoms with Crippen molar-refractivity contribution in [3.63, 3.8) is 0 Å². The molecule has 4 nitrogen and oxygen atoms in total. The highest BCUT2D eigenvalue weighted by molar-refractivity contribution is 5.94. The molecule has 110 valence electrons. The molecule has 3 N–H and O–H groups in total. The number of rotatable bonds is 4. The molecule has 1 fully saturated rings. The van der Waals surface area contributed by atoms with Gasteiger partial charge in [0.15, 0.2) is 0 Å². The molecular weight excluding hydrogens is 252 g/mol. The highest BCUT2D eigenvalue weighted by Crippen LogP contribution is 2.34. The molecule has 0 aliphatic heterocycles. The van der Waals surface area contributed by atoms with E-state index in [1.54, 1.807) is 25.3 Å². The molecule has 1 saturated carbocycles. The van der Waals surface area contributed by atoms with Gasteiger partial charge < -0.3 is 15.8 Å². The van der Waals surface area contributed by atoms with Crippen molar-refractivity contribution in [1.82, 2.24) is 0 Å². The summed E-state index contributed by atoms with van der Waals surface area (Å²) in [5.41, 5.74) is 6.71. The Kier molecular flexibility index (Phi) is 4.53. The molecule has 4 heteroatoms. The van der Waals surface area contributed by atoms with Crippen molar-refractivity contribution in [3.8, 4) is 5.75 Å². The van der Waals surface area contributed by atoms with Crippen LogP contribution < -0.4 is 15.8 Å². The van der Waals surface area contributed by atoms with Crippen LogP contribution in [0.15, 0.2) is 18.2 Å². The molecule has 1 amide bonds. The van der Waals surface area contributed by atoms with Crippen LogP contribution in [0.1, 0.15) is 43.5 Å². The summed E-state index contributed by atoms with van der Waals surface area (Å²) in [7, 11) is 1.64. The number of carbonyl (C=O) groups is 1. The molecule has 1 aliphatic carbocycles. The lowest BCUT2D eigenvalue weighted by molar-refractivity contribution is 0.100. The van der Waals surface area contributed by atoms with E-state index in [1.807, 2.05) is 0 Å². The average Bonchev–Trinajstić information content (AvgIpc) is 2.42. The fourth-order valence-electron chi connectivity index (χ4n) is 3.12. The van der Waals surface area contributed by atoms with E-state index in [0.717, 1.165) is 11.4 Å². The van der Waals surface area contributed by atoms with Gasteiger partial charge in [0.05, 0.1) is 12.8 Å². The summed E-state index contributed by atoms with van der Waals surface area (Å²) >= 11 is 0. The van der Waals surface area contributed by atoms with Crippen LogP contribution in [0.2, 0.25) is 0 Å². The normalized spacial score (nSPS) is 26.1. The van der Waals surface area contributed by atoms with E-state index in [4.69, 9.17) is 10.5 Å². The van der Waals surface area contributed by atoms with Gasteiger partial charge in [-0.15, -0.1) is 0 Å². The van der Waals surface area contributed by atoms with Crippen LogP contribution in [0.5, 0.6) is 5.75 Å². The Balaban J connectivity index is 2.26. The minimum absolute atomic E-state index is 0.403. The van der Waals surface area contributed by atoms with Gasteiger partial charge in [-0.2, -0.15) is 0 Å². The molecule has 2 atom stereocenters. The Morgan fingerprint density at radius 2 is 1.95 bits per heavy atom. The SMILES string of the molecule is COc1ccc(C(N)=O)cc1NC1C(C)CCCC1C. The molecule has 0 spiro atoms. The zero-order valence-electron chi connectivity index (χ0n) is 12.5. The molecule has 2 unspecified atom stereocenters. The van der Waals surface area contributed by atoms with Gasteiger partial charge in [-0.3, -0.25) is 4.79 Å². The van der Waals surface area contributed by atoms with E-state index in [9.17, 15) is 4.79 Å². The number of hydrogen-bond donors (Lipinski definition) is 2. The average molecular weight is 276 g/mol. The largest absolute Gasteiger partial charge is 0.495 e. The lowest BCUT2D eigenvalue weighted by atomic mass is 9.78. The van der Waals surface area contributed by atoms with Crippen molar-refractivity contribution < 1.29 is 9.53 Å². The quantitative estimate of drug-likeness (QED) is 0.888. The minimum atomic E-state index is -0.416. The maximum Gasteiger partial charge on any atom is 0.248 e. The van der Waals surface area contributed by atoms with Gasteiger partial charge in [0.2, 0.25) is 5.91 Å². The highest BCUT2D eigenvalue weighted by atomic mass is 16.5. The second kappa shape index (κ2) is 6.16. The van der Waals surface area contributed by atoms with Crippen LogP contribution in [0.25, 0.3) is 0 Å². The number of amides is 1. The maximum atomic E-state index is 11.3. The second-order valence-corrected chi connectivity index (χ2v) is 5.83. The molecule has 20 heavy (non-hydrogen) atoms. The van der Waals surface area contributed by atoms with Crippen LogP contribution in [0, 0.1) is 11.8 Å². The minimum Gasteiger partial charge on any atom is -0.495 e. The van der Waals surface area contributed by atoms with Gasteiger partial charge >= 0.3 is 0 Å². The number of carbonyl (C=O) groups excluding carboxylic acids is 1. The number of primary amides is 1. The molecule has 2 rings (SSSR count). The summed E-state index contributed by atoms with van der Waals surface area (Å²) in [6.45, 7) is 4.55. The molecule has 0 heterocycles. The summed E-state index contributed by atoms with van der Waals surface area (Å²) in [5.74, 6) is 1.56. The lowest BCUT2D eigenvalue weighted by Crippen LogP contribution is -2.37. The Morgan fingerprint density at radius 3 is 2.50 bits per heavy atom. The first kappa shape index (κ1) is 14.7. The fraction of sp³-hybridized carbons (Fsp3) is 0.562. The van der Waals surface area contributed by atoms with Gasteiger partial charge in [0.25, 0.3) is 0 Å². The van der Waals surface area contributed by atoms with Crippen molar-refractivity contribution in [2.45, 2.75) is 39.2 Å². The zero-order chi connectivity index (χ0) is 14.7. The molecule has 0 aromatic heterocycles. The van der Waals surface area contributed by atoms with Crippen molar-refractivity contribution in [3.05, 3.63) is 23.8 Å². The number of nitrogens with two attached hydrogens (primary N) is 1.